The van der Waals surface area contributed by atoms with Crippen LogP contribution in [0.15, 0.2) is 30.3 Å². The molecule has 0 atom stereocenters. The molecule has 0 radical (unpaired) electrons. The Kier molecular flexibility index (Phi) is 5.06. The molecule has 21 heavy (non-hydrogen) atoms. The van der Waals surface area contributed by atoms with Crippen molar-refractivity contribution in [1.82, 2.24) is 0 Å². The molecule has 0 spiro atoms. The first-order valence-corrected chi connectivity index (χ1v) is 7.25. The first-order valence-electron chi connectivity index (χ1n) is 5.68. The smallest absolute Gasteiger partial charge is 0.412 e. The van der Waals surface area contributed by atoms with Crippen LogP contribution in [0, 0.1) is 0 Å². The van der Waals surface area contributed by atoms with E-state index in [-0.39, 0.29) is 26.5 Å². The zero-order valence-electron chi connectivity index (χ0n) is 10.4. The Morgan fingerprint density at radius 3 is 2.52 bits per heavy atom. The number of amides is 1. The predicted octanol–water partition coefficient (Wildman–Crippen LogP) is 4.50. The van der Waals surface area contributed by atoms with Crippen LogP contribution < -0.4 is 5.32 Å². The zero-order chi connectivity index (χ0) is 15.4. The molecule has 0 fully saturated rings. The van der Waals surface area contributed by atoms with Gasteiger partial charge in [-0.3, -0.25) is 5.32 Å². The van der Waals surface area contributed by atoms with Gasteiger partial charge in [-0.05, 0) is 5.56 Å². The third-order valence-corrected chi connectivity index (χ3v) is 4.42. The molecule has 0 bridgehead atoms. The second-order valence-corrected chi connectivity index (χ2v) is 5.89. The maximum Gasteiger partial charge on any atom is 0.412 e. The number of carbonyl (C=O) groups is 2. The van der Waals surface area contributed by atoms with Crippen molar-refractivity contribution in [3.05, 3.63) is 50.1 Å². The van der Waals surface area contributed by atoms with Crippen LogP contribution in [-0.2, 0) is 11.3 Å². The van der Waals surface area contributed by atoms with Crippen LogP contribution in [0.2, 0.25) is 9.36 Å². The third kappa shape index (κ3) is 3.87. The molecule has 1 amide bonds. The van der Waals surface area contributed by atoms with Crippen molar-refractivity contribution in [2.24, 2.45) is 0 Å². The molecule has 5 nitrogen and oxygen atoms in total. The molecule has 1 aromatic carbocycles. The Bertz CT molecular complexity index is 672. The van der Waals surface area contributed by atoms with Gasteiger partial charge in [0.1, 0.15) is 15.8 Å². The number of halogens is 2. The number of benzene rings is 1. The van der Waals surface area contributed by atoms with E-state index in [0.717, 1.165) is 16.9 Å². The lowest BCUT2D eigenvalue weighted by Gasteiger charge is -2.07. The maximum atomic E-state index is 11.7. The van der Waals surface area contributed by atoms with E-state index in [1.54, 1.807) is 12.1 Å². The number of hydrogen-bond donors (Lipinski definition) is 2. The molecule has 2 N–H and O–H groups in total. The van der Waals surface area contributed by atoms with Crippen LogP contribution >= 0.6 is 34.5 Å². The number of aromatic carboxylic acids is 1. The number of rotatable bonds is 4. The minimum absolute atomic E-state index is 0.0178. The molecule has 1 heterocycles. The second-order valence-electron chi connectivity index (χ2n) is 3.89. The van der Waals surface area contributed by atoms with E-state index < -0.39 is 12.1 Å². The van der Waals surface area contributed by atoms with E-state index in [4.69, 9.17) is 33.0 Å². The molecule has 0 aliphatic carbocycles. The van der Waals surface area contributed by atoms with Gasteiger partial charge in [0.2, 0.25) is 0 Å². The minimum Gasteiger partial charge on any atom is -0.477 e. The number of anilines is 1. The highest BCUT2D eigenvalue weighted by molar-refractivity contribution is 7.19. The van der Waals surface area contributed by atoms with Gasteiger partial charge in [0, 0.05) is 0 Å². The van der Waals surface area contributed by atoms with Gasteiger partial charge in [0.25, 0.3) is 0 Å². The highest BCUT2D eigenvalue weighted by Gasteiger charge is 2.22. The van der Waals surface area contributed by atoms with Crippen LogP contribution in [-0.4, -0.2) is 17.2 Å². The normalized spacial score (nSPS) is 10.2. The van der Waals surface area contributed by atoms with E-state index in [2.05, 4.69) is 5.32 Å². The first kappa shape index (κ1) is 15.6. The predicted molar refractivity (Wildman–Crippen MR) is 81.5 cm³/mol. The van der Waals surface area contributed by atoms with Gasteiger partial charge in [0.15, 0.2) is 0 Å². The van der Waals surface area contributed by atoms with Crippen molar-refractivity contribution in [3.8, 4) is 0 Å². The van der Waals surface area contributed by atoms with Gasteiger partial charge < -0.3 is 9.84 Å². The fourth-order valence-corrected chi connectivity index (χ4v) is 2.86. The number of carboxylic acid groups (broad SMARTS) is 1. The molecule has 0 saturated carbocycles. The van der Waals surface area contributed by atoms with Gasteiger partial charge in [-0.25, -0.2) is 9.59 Å². The Hall–Kier alpha value is -1.76. The Labute approximate surface area is 134 Å². The minimum atomic E-state index is -1.23. The van der Waals surface area contributed by atoms with Crippen molar-refractivity contribution in [2.75, 3.05) is 5.32 Å². The summed E-state index contributed by atoms with van der Waals surface area (Å²) in [5.41, 5.74) is 0.748. The van der Waals surface area contributed by atoms with Crippen LogP contribution in [0.4, 0.5) is 10.5 Å². The Balaban J connectivity index is 2.05. The van der Waals surface area contributed by atoms with E-state index in [9.17, 15) is 9.59 Å². The van der Waals surface area contributed by atoms with Crippen molar-refractivity contribution in [2.45, 2.75) is 6.61 Å². The van der Waals surface area contributed by atoms with Crippen molar-refractivity contribution in [3.63, 3.8) is 0 Å². The summed E-state index contributed by atoms with van der Waals surface area (Å²) in [6.07, 6.45) is -0.808. The summed E-state index contributed by atoms with van der Waals surface area (Å²) < 4.78 is 5.08. The molecule has 0 aliphatic rings. The van der Waals surface area contributed by atoms with E-state index in [1.807, 2.05) is 18.2 Å². The number of hydrogen-bond acceptors (Lipinski definition) is 4. The van der Waals surface area contributed by atoms with Crippen LogP contribution in [0.25, 0.3) is 0 Å². The number of ether oxygens (including phenoxy) is 1. The lowest BCUT2D eigenvalue weighted by molar-refractivity contribution is 0.0703. The van der Waals surface area contributed by atoms with Gasteiger partial charge in [-0.15, -0.1) is 11.3 Å². The Morgan fingerprint density at radius 2 is 1.90 bits per heavy atom. The fourth-order valence-electron chi connectivity index (χ4n) is 1.51. The monoisotopic (exact) mass is 345 g/mol. The molecule has 0 aliphatic heterocycles. The molecule has 0 unspecified atom stereocenters. The summed E-state index contributed by atoms with van der Waals surface area (Å²) in [5, 5.41) is 11.3. The summed E-state index contributed by atoms with van der Waals surface area (Å²) in [5.74, 6) is -1.23. The summed E-state index contributed by atoms with van der Waals surface area (Å²) in [6, 6.07) is 9.06. The highest BCUT2D eigenvalue weighted by atomic mass is 35.5. The summed E-state index contributed by atoms with van der Waals surface area (Å²) in [4.78, 5) is 22.6. The number of carboxylic acids is 1. The zero-order valence-corrected chi connectivity index (χ0v) is 12.8. The standard InChI is InChI=1S/C13H9Cl2NO4S/c14-8-9(10(12(17)18)21-11(8)15)16-13(19)20-6-7-4-2-1-3-5-7/h1-5H,6H2,(H,16,19)(H,17,18). The van der Waals surface area contributed by atoms with Crippen molar-refractivity contribution >= 4 is 52.3 Å². The molecule has 2 rings (SSSR count). The molecule has 8 heteroatoms. The van der Waals surface area contributed by atoms with Crippen LogP contribution in [0.3, 0.4) is 0 Å². The molecule has 0 saturated heterocycles. The van der Waals surface area contributed by atoms with Gasteiger partial charge in [-0.2, -0.15) is 0 Å². The third-order valence-electron chi connectivity index (χ3n) is 2.44. The molecular weight excluding hydrogens is 337 g/mol. The average molecular weight is 346 g/mol. The molecule has 2 aromatic rings. The largest absolute Gasteiger partial charge is 0.477 e. The van der Waals surface area contributed by atoms with Gasteiger partial charge >= 0.3 is 12.1 Å². The fraction of sp³-hybridized carbons (Fsp3) is 0.0769. The summed E-state index contributed by atoms with van der Waals surface area (Å²) in [7, 11) is 0. The van der Waals surface area contributed by atoms with Gasteiger partial charge in [-0.1, -0.05) is 53.5 Å². The molecule has 1 aromatic heterocycles. The molecule has 110 valence electrons. The highest BCUT2D eigenvalue weighted by Crippen LogP contribution is 2.41. The first-order chi connectivity index (χ1) is 9.99. The lowest BCUT2D eigenvalue weighted by Crippen LogP contribution is -2.15. The number of nitrogens with one attached hydrogen (secondary N) is 1. The summed E-state index contributed by atoms with van der Waals surface area (Å²) in [6.45, 7) is 0.0601. The maximum absolute atomic E-state index is 11.7. The Morgan fingerprint density at radius 1 is 1.24 bits per heavy atom. The van der Waals surface area contributed by atoms with E-state index >= 15 is 0 Å². The van der Waals surface area contributed by atoms with E-state index in [0.29, 0.717) is 0 Å². The van der Waals surface area contributed by atoms with Crippen molar-refractivity contribution < 1.29 is 19.4 Å². The summed E-state index contributed by atoms with van der Waals surface area (Å²) >= 11 is 12.4. The quantitative estimate of drug-likeness (QED) is 0.855. The van der Waals surface area contributed by atoms with Crippen LogP contribution in [0.1, 0.15) is 15.2 Å². The number of carbonyl (C=O) groups excluding carboxylic acids is 1. The van der Waals surface area contributed by atoms with Crippen LogP contribution in [0.5, 0.6) is 0 Å². The average Bonchev–Trinajstić information content (AvgIpc) is 2.75. The second kappa shape index (κ2) is 6.80. The van der Waals surface area contributed by atoms with Gasteiger partial charge in [0.05, 0.1) is 10.7 Å². The van der Waals surface area contributed by atoms with Crippen molar-refractivity contribution in [1.29, 1.82) is 0 Å². The van der Waals surface area contributed by atoms with E-state index in [1.165, 1.54) is 0 Å². The number of thiophene rings is 1. The SMILES string of the molecule is O=C(Nc1c(C(=O)O)sc(Cl)c1Cl)OCc1ccccc1. The lowest BCUT2D eigenvalue weighted by atomic mass is 10.2. The topological polar surface area (TPSA) is 75.6 Å². The molecular formula is C13H9Cl2NO4S.